The minimum Gasteiger partial charge on any atom is -0.369 e. The van der Waals surface area contributed by atoms with Crippen molar-refractivity contribution in [3.8, 4) is 0 Å². The Hall–Kier alpha value is -0.610. The lowest BCUT2D eigenvalue weighted by Gasteiger charge is -2.38. The van der Waals surface area contributed by atoms with Crippen molar-refractivity contribution in [1.82, 2.24) is 10.2 Å². The van der Waals surface area contributed by atoms with E-state index in [1.807, 2.05) is 0 Å². The Kier molecular flexibility index (Phi) is 4.18. The Bertz CT molecular complexity index is 234. The molecule has 1 aliphatic heterocycles. The number of nitrogens with zero attached hydrogens (tertiary/aromatic N) is 1. The van der Waals surface area contributed by atoms with Crippen molar-refractivity contribution in [2.45, 2.75) is 38.1 Å². The highest BCUT2D eigenvalue weighted by molar-refractivity contribution is 5.75. The molecule has 1 saturated carbocycles. The molecule has 1 saturated heterocycles. The molecule has 0 aromatic rings. The third-order valence-electron chi connectivity index (χ3n) is 3.90. The first-order valence-electron chi connectivity index (χ1n) is 6.49. The molecule has 0 spiro atoms. The molecule has 0 radical (unpaired) electrons. The Labute approximate surface area is 97.6 Å². The number of amides is 1. The highest BCUT2D eigenvalue weighted by Gasteiger charge is 2.27. The van der Waals surface area contributed by atoms with Crippen LogP contribution in [-0.4, -0.2) is 43.0 Å². The first-order valence-corrected chi connectivity index (χ1v) is 6.49. The fraction of sp³-hybridized carbons (Fsp3) is 0.917. The van der Waals surface area contributed by atoms with Crippen molar-refractivity contribution in [1.29, 1.82) is 0 Å². The van der Waals surface area contributed by atoms with Crippen molar-refractivity contribution in [2.24, 2.45) is 11.7 Å². The average molecular weight is 225 g/mol. The van der Waals surface area contributed by atoms with E-state index in [9.17, 15) is 4.79 Å². The summed E-state index contributed by atoms with van der Waals surface area (Å²) in [5.74, 6) is 0.632. The molecule has 4 nitrogen and oxygen atoms in total. The van der Waals surface area contributed by atoms with E-state index >= 15 is 0 Å². The zero-order chi connectivity index (χ0) is 11.4. The van der Waals surface area contributed by atoms with Crippen LogP contribution in [0, 0.1) is 5.92 Å². The number of nitrogens with two attached hydrogens (primary N) is 1. The molecule has 1 aliphatic carbocycles. The van der Waals surface area contributed by atoms with Crippen LogP contribution < -0.4 is 11.1 Å². The van der Waals surface area contributed by atoms with E-state index < -0.39 is 0 Å². The summed E-state index contributed by atoms with van der Waals surface area (Å²) in [7, 11) is 0. The molecule has 1 heterocycles. The fourth-order valence-electron chi connectivity index (χ4n) is 2.72. The third-order valence-corrected chi connectivity index (χ3v) is 3.90. The number of nitrogens with one attached hydrogen (secondary N) is 1. The Morgan fingerprint density at radius 3 is 2.44 bits per heavy atom. The maximum atomic E-state index is 11.1. The topological polar surface area (TPSA) is 58.4 Å². The van der Waals surface area contributed by atoms with Gasteiger partial charge in [0.25, 0.3) is 0 Å². The molecule has 2 fully saturated rings. The summed E-state index contributed by atoms with van der Waals surface area (Å²) >= 11 is 0. The molecule has 1 amide bonds. The summed E-state index contributed by atoms with van der Waals surface area (Å²) < 4.78 is 0. The van der Waals surface area contributed by atoms with Crippen molar-refractivity contribution in [3.63, 3.8) is 0 Å². The van der Waals surface area contributed by atoms with E-state index in [1.165, 1.54) is 19.3 Å². The van der Waals surface area contributed by atoms with E-state index in [0.717, 1.165) is 38.4 Å². The Morgan fingerprint density at radius 1 is 1.25 bits per heavy atom. The first-order chi connectivity index (χ1) is 7.75. The van der Waals surface area contributed by atoms with Crippen LogP contribution in [0.5, 0.6) is 0 Å². The second-order valence-corrected chi connectivity index (χ2v) is 5.17. The van der Waals surface area contributed by atoms with Crippen LogP contribution in [0.25, 0.3) is 0 Å². The minimum atomic E-state index is -0.183. The number of hydrogen-bond acceptors (Lipinski definition) is 3. The number of carbonyl (C=O) groups excluding carboxylic acids is 1. The highest BCUT2D eigenvalue weighted by Crippen LogP contribution is 2.28. The van der Waals surface area contributed by atoms with Gasteiger partial charge in [-0.2, -0.15) is 0 Å². The molecule has 92 valence electrons. The predicted molar refractivity (Wildman–Crippen MR) is 64.0 cm³/mol. The SMILES string of the molecule is NC(=O)CN(CC1CCC1)C1CCNCC1. The molecule has 0 bridgehead atoms. The lowest BCUT2D eigenvalue weighted by molar-refractivity contribution is -0.120. The third kappa shape index (κ3) is 3.19. The summed E-state index contributed by atoms with van der Waals surface area (Å²) in [5.41, 5.74) is 5.34. The Balaban J connectivity index is 1.86. The number of carbonyl (C=O) groups is 1. The largest absolute Gasteiger partial charge is 0.369 e. The van der Waals surface area contributed by atoms with Gasteiger partial charge in [0, 0.05) is 12.6 Å². The summed E-state index contributed by atoms with van der Waals surface area (Å²) in [6, 6.07) is 0.564. The normalized spacial score (nSPS) is 23.3. The van der Waals surface area contributed by atoms with Gasteiger partial charge in [-0.1, -0.05) is 6.42 Å². The lowest BCUT2D eigenvalue weighted by Crippen LogP contribution is -2.48. The van der Waals surface area contributed by atoms with Crippen molar-refractivity contribution in [3.05, 3.63) is 0 Å². The van der Waals surface area contributed by atoms with E-state index in [1.54, 1.807) is 0 Å². The van der Waals surface area contributed by atoms with E-state index in [-0.39, 0.29) is 5.91 Å². The van der Waals surface area contributed by atoms with Crippen molar-refractivity contribution in [2.75, 3.05) is 26.2 Å². The predicted octanol–water partition coefficient (Wildman–Crippen LogP) is 0.326. The maximum absolute atomic E-state index is 11.1. The molecular formula is C12H23N3O. The van der Waals surface area contributed by atoms with Crippen LogP contribution in [0.2, 0.25) is 0 Å². The number of hydrogen-bond donors (Lipinski definition) is 2. The van der Waals surface area contributed by atoms with E-state index in [4.69, 9.17) is 5.73 Å². The van der Waals surface area contributed by atoms with Crippen LogP contribution in [0.1, 0.15) is 32.1 Å². The molecule has 3 N–H and O–H groups in total. The van der Waals surface area contributed by atoms with Crippen LogP contribution in [0.4, 0.5) is 0 Å². The second-order valence-electron chi connectivity index (χ2n) is 5.17. The van der Waals surface area contributed by atoms with Crippen LogP contribution in [0.15, 0.2) is 0 Å². The molecule has 0 unspecified atom stereocenters. The molecule has 2 rings (SSSR count). The maximum Gasteiger partial charge on any atom is 0.231 e. The van der Waals surface area contributed by atoms with E-state index in [0.29, 0.717) is 12.6 Å². The second kappa shape index (κ2) is 5.64. The van der Waals surface area contributed by atoms with Gasteiger partial charge in [0.2, 0.25) is 5.91 Å². The quantitative estimate of drug-likeness (QED) is 0.709. The molecule has 4 heteroatoms. The van der Waals surface area contributed by atoms with Crippen molar-refractivity contribution < 1.29 is 4.79 Å². The molecular weight excluding hydrogens is 202 g/mol. The zero-order valence-corrected chi connectivity index (χ0v) is 9.95. The van der Waals surface area contributed by atoms with Gasteiger partial charge >= 0.3 is 0 Å². The van der Waals surface area contributed by atoms with Gasteiger partial charge in [0.15, 0.2) is 0 Å². The average Bonchev–Trinajstić information content (AvgIpc) is 2.22. The summed E-state index contributed by atoms with van der Waals surface area (Å²) in [6.45, 7) is 3.67. The molecule has 0 atom stereocenters. The zero-order valence-electron chi connectivity index (χ0n) is 9.95. The Morgan fingerprint density at radius 2 is 1.94 bits per heavy atom. The molecule has 16 heavy (non-hydrogen) atoms. The van der Waals surface area contributed by atoms with Gasteiger partial charge < -0.3 is 11.1 Å². The highest BCUT2D eigenvalue weighted by atomic mass is 16.1. The van der Waals surface area contributed by atoms with Gasteiger partial charge in [-0.3, -0.25) is 9.69 Å². The number of rotatable bonds is 5. The van der Waals surface area contributed by atoms with E-state index in [2.05, 4.69) is 10.2 Å². The molecule has 0 aromatic carbocycles. The molecule has 2 aliphatic rings. The smallest absolute Gasteiger partial charge is 0.231 e. The van der Waals surface area contributed by atoms with Crippen molar-refractivity contribution >= 4 is 5.91 Å². The fourth-order valence-corrected chi connectivity index (χ4v) is 2.72. The lowest BCUT2D eigenvalue weighted by atomic mass is 9.84. The number of primary amides is 1. The van der Waals surface area contributed by atoms with Gasteiger partial charge in [0.1, 0.15) is 0 Å². The van der Waals surface area contributed by atoms with Gasteiger partial charge in [0.05, 0.1) is 6.54 Å². The first kappa shape index (κ1) is 11.9. The summed E-state index contributed by atoms with van der Waals surface area (Å²) in [6.07, 6.45) is 6.34. The van der Waals surface area contributed by atoms with Crippen LogP contribution in [0.3, 0.4) is 0 Å². The van der Waals surface area contributed by atoms with Crippen LogP contribution >= 0.6 is 0 Å². The van der Waals surface area contributed by atoms with Crippen LogP contribution in [-0.2, 0) is 4.79 Å². The number of piperidine rings is 1. The summed E-state index contributed by atoms with van der Waals surface area (Å²) in [4.78, 5) is 13.4. The standard InChI is InChI=1S/C12H23N3O/c13-12(16)9-15(8-10-2-1-3-10)11-4-6-14-7-5-11/h10-11,14H,1-9H2,(H2,13,16). The minimum absolute atomic E-state index is 0.183. The summed E-state index contributed by atoms with van der Waals surface area (Å²) in [5, 5.41) is 3.36. The van der Waals surface area contributed by atoms with Gasteiger partial charge in [-0.15, -0.1) is 0 Å². The van der Waals surface area contributed by atoms with Gasteiger partial charge in [-0.05, 0) is 44.7 Å². The van der Waals surface area contributed by atoms with Gasteiger partial charge in [-0.25, -0.2) is 0 Å². The monoisotopic (exact) mass is 225 g/mol. The molecule has 0 aromatic heterocycles.